The molecule has 0 aliphatic heterocycles. The van der Waals surface area contributed by atoms with Gasteiger partial charge >= 0.3 is 0 Å². The van der Waals surface area contributed by atoms with Gasteiger partial charge in [-0.3, -0.25) is 43.5 Å². The van der Waals surface area contributed by atoms with E-state index in [1.165, 1.54) is 7.05 Å². The molecule has 0 bridgehead atoms. The van der Waals surface area contributed by atoms with Crippen LogP contribution in [-0.2, 0) is 40.0 Å². The summed E-state index contributed by atoms with van der Waals surface area (Å²) in [5, 5.41) is 18.3. The molecule has 324 valence electrons. The van der Waals surface area contributed by atoms with Gasteiger partial charge in [-0.05, 0) is 49.5 Å². The number of hydrogen-bond donors (Lipinski definition) is 12. The molecule has 5 atom stereocenters. The number of guanidine groups is 2. The molecule has 1 rings (SSSR count). The van der Waals surface area contributed by atoms with E-state index in [1.807, 2.05) is 13.8 Å². The van der Waals surface area contributed by atoms with Crippen LogP contribution in [-0.4, -0.2) is 117 Å². The molecule has 58 heavy (non-hydrogen) atoms. The van der Waals surface area contributed by atoms with Gasteiger partial charge in [0.15, 0.2) is 11.9 Å². The molecule has 0 heterocycles. The monoisotopic (exact) mass is 817 g/mol. The summed E-state index contributed by atoms with van der Waals surface area (Å²) in [6.45, 7) is 6.68. The summed E-state index contributed by atoms with van der Waals surface area (Å²) in [6, 6.07) is 3.20. The zero-order chi connectivity index (χ0) is 43.8. The summed E-state index contributed by atoms with van der Waals surface area (Å²) in [5.74, 6) is -5.17. The van der Waals surface area contributed by atoms with Crippen LogP contribution in [0.1, 0.15) is 65.4 Å². The largest absolute Gasteiger partial charge is 0.370 e. The number of nitrogens with zero attached hydrogens (tertiary/aromatic N) is 2. The first-order valence-electron chi connectivity index (χ1n) is 19.2. The Bertz CT molecular complexity index is 1560. The van der Waals surface area contributed by atoms with Crippen LogP contribution in [0.3, 0.4) is 0 Å². The maximum Gasteiger partial charge on any atom is 0.243 e. The summed E-state index contributed by atoms with van der Waals surface area (Å²) in [7, 11) is 1.44. The van der Waals surface area contributed by atoms with Gasteiger partial charge in [0.2, 0.25) is 41.4 Å². The van der Waals surface area contributed by atoms with Gasteiger partial charge < -0.3 is 65.9 Å². The fourth-order valence-corrected chi connectivity index (χ4v) is 5.56. The van der Waals surface area contributed by atoms with E-state index in [0.717, 1.165) is 0 Å². The molecule has 0 aliphatic carbocycles. The van der Waals surface area contributed by atoms with Crippen molar-refractivity contribution in [3.05, 3.63) is 35.9 Å². The Kier molecular flexibility index (Phi) is 23.1. The Morgan fingerprint density at radius 2 is 1.10 bits per heavy atom. The van der Waals surface area contributed by atoms with Crippen LogP contribution in [0, 0.1) is 11.8 Å². The van der Waals surface area contributed by atoms with Crippen LogP contribution in [0.2, 0.25) is 0 Å². The maximum atomic E-state index is 14.0. The summed E-state index contributed by atoms with van der Waals surface area (Å²) < 4.78 is 0. The van der Waals surface area contributed by atoms with Crippen molar-refractivity contribution in [3.8, 4) is 0 Å². The van der Waals surface area contributed by atoms with Crippen LogP contribution < -0.4 is 65.9 Å². The summed E-state index contributed by atoms with van der Waals surface area (Å²) >= 11 is 0. The average molecular weight is 817 g/mol. The Morgan fingerprint density at radius 1 is 0.621 bits per heavy atom. The van der Waals surface area contributed by atoms with Crippen molar-refractivity contribution in [1.29, 1.82) is 0 Å². The molecule has 7 amide bonds. The van der Waals surface area contributed by atoms with Crippen LogP contribution in [0.5, 0.6) is 0 Å². The highest BCUT2D eigenvalue weighted by molar-refractivity contribution is 5.97. The third kappa shape index (κ3) is 20.3. The fraction of sp³-hybridized carbons (Fsp3) is 0.595. The molecule has 21 nitrogen and oxygen atoms in total. The molecule has 1 aromatic rings. The van der Waals surface area contributed by atoms with Crippen LogP contribution in [0.15, 0.2) is 40.3 Å². The molecule has 0 saturated heterocycles. The minimum atomic E-state index is -1.24. The topological polar surface area (TPSA) is 359 Å². The number of amides is 7. The SMILES string of the molecule is CNC(=O)[C@@H](NC(=O)[C@H](CCCN=C(N)N)NC(=O)[C@H](CCCN=C(N)N)NC(=O)[C@H](CC(C)C)NC(=O)[C@@H](Cc1ccccc1)NC(=O)CNC(=O)CN)C(C)C. The molecule has 0 spiro atoms. The third-order valence-electron chi connectivity index (χ3n) is 8.56. The van der Waals surface area contributed by atoms with Gasteiger partial charge in [-0.2, -0.15) is 0 Å². The summed E-state index contributed by atoms with van der Waals surface area (Å²) in [4.78, 5) is 100. The van der Waals surface area contributed by atoms with E-state index in [2.05, 4.69) is 47.2 Å². The van der Waals surface area contributed by atoms with Gasteiger partial charge in [0, 0.05) is 26.6 Å². The van der Waals surface area contributed by atoms with Crippen molar-refractivity contribution < 1.29 is 33.6 Å². The van der Waals surface area contributed by atoms with Gasteiger partial charge in [-0.1, -0.05) is 58.0 Å². The van der Waals surface area contributed by atoms with Crippen molar-refractivity contribution in [1.82, 2.24) is 37.2 Å². The molecule has 0 unspecified atom stereocenters. The Balaban J connectivity index is 3.43. The second kappa shape index (κ2) is 26.8. The quantitative estimate of drug-likeness (QED) is 0.0244. The highest BCUT2D eigenvalue weighted by Crippen LogP contribution is 2.11. The number of nitrogens with two attached hydrogens (primary N) is 5. The Labute approximate surface area is 339 Å². The number of likely N-dealkylation sites (N-methyl/N-ethyl adjacent to an activating group) is 1. The first kappa shape index (κ1) is 50.0. The highest BCUT2D eigenvalue weighted by atomic mass is 16.2. The van der Waals surface area contributed by atoms with Crippen LogP contribution in [0.4, 0.5) is 0 Å². The second-order valence-corrected chi connectivity index (χ2v) is 14.3. The molecule has 0 radical (unpaired) electrons. The van der Waals surface area contributed by atoms with Crippen molar-refractivity contribution in [2.75, 3.05) is 33.2 Å². The normalized spacial score (nSPS) is 13.4. The zero-order valence-corrected chi connectivity index (χ0v) is 34.1. The number of hydrogen-bond acceptors (Lipinski definition) is 10. The van der Waals surface area contributed by atoms with E-state index in [-0.39, 0.29) is 81.9 Å². The fourth-order valence-electron chi connectivity index (χ4n) is 5.56. The smallest absolute Gasteiger partial charge is 0.243 e. The number of carbonyl (C=O) groups is 7. The maximum absolute atomic E-state index is 14.0. The third-order valence-corrected chi connectivity index (χ3v) is 8.56. The van der Waals surface area contributed by atoms with Crippen LogP contribution in [0.25, 0.3) is 0 Å². The molecule has 1 aromatic carbocycles. The number of aliphatic imine (C=N–C) groups is 2. The van der Waals surface area contributed by atoms with E-state index >= 15 is 0 Å². The number of rotatable bonds is 26. The average Bonchev–Trinajstić information content (AvgIpc) is 3.16. The number of carbonyl (C=O) groups excluding carboxylic acids is 7. The predicted octanol–water partition coefficient (Wildman–Crippen LogP) is -3.72. The molecule has 21 heteroatoms. The molecule has 0 aromatic heterocycles. The van der Waals surface area contributed by atoms with E-state index < -0.39 is 78.1 Å². The first-order valence-corrected chi connectivity index (χ1v) is 19.2. The standard InChI is InChI=1S/C37H64N14O7/c1-21(2)17-26(50-34(57)27(18-23-11-7-6-8-12-23)47-29(53)20-46-28(52)19-38)33(56)49-24(13-9-15-44-36(39)40)31(54)48-25(14-10-16-45-37(41)42)32(55)51-30(22(3)4)35(58)43-5/h6-8,11-12,21-22,24-27,30H,9-10,13-20,38H2,1-5H3,(H,43,58)(H,46,52)(H,47,53)(H,48,54)(H,49,56)(H,50,57)(H,51,55)(H4,39,40,44)(H4,41,42,45)/t24-,25-,26-,27+,30-/m0/s1. The van der Waals surface area contributed by atoms with Crippen molar-refractivity contribution in [3.63, 3.8) is 0 Å². The van der Waals surface area contributed by atoms with Crippen molar-refractivity contribution in [2.24, 2.45) is 50.5 Å². The summed E-state index contributed by atoms with van der Waals surface area (Å²) in [6.07, 6.45) is 0.790. The minimum Gasteiger partial charge on any atom is -0.370 e. The molecular formula is C37H64N14O7. The lowest BCUT2D eigenvalue weighted by atomic mass is 10.00. The molecule has 0 saturated carbocycles. The minimum absolute atomic E-state index is 0.0209. The van der Waals surface area contributed by atoms with Crippen LogP contribution >= 0.6 is 0 Å². The number of nitrogens with one attached hydrogen (secondary N) is 7. The van der Waals surface area contributed by atoms with Gasteiger partial charge in [0.1, 0.15) is 30.2 Å². The first-order chi connectivity index (χ1) is 27.4. The predicted molar refractivity (Wildman–Crippen MR) is 220 cm³/mol. The van der Waals surface area contributed by atoms with Gasteiger partial charge in [0.05, 0.1) is 13.1 Å². The number of benzene rings is 1. The lowest BCUT2D eigenvalue weighted by Crippen LogP contribution is -2.60. The lowest BCUT2D eigenvalue weighted by Gasteiger charge is -2.28. The zero-order valence-electron chi connectivity index (χ0n) is 34.1. The molecular weight excluding hydrogens is 752 g/mol. The molecule has 0 aliphatic rings. The Hall–Kier alpha value is -5.99. The van der Waals surface area contributed by atoms with Gasteiger partial charge in [-0.25, -0.2) is 0 Å². The highest BCUT2D eigenvalue weighted by Gasteiger charge is 2.33. The van der Waals surface area contributed by atoms with Crippen molar-refractivity contribution in [2.45, 2.75) is 96.4 Å². The second-order valence-electron chi connectivity index (χ2n) is 14.3. The molecule has 17 N–H and O–H groups in total. The van der Waals surface area contributed by atoms with E-state index in [9.17, 15) is 33.6 Å². The summed E-state index contributed by atoms with van der Waals surface area (Å²) in [5.41, 5.74) is 27.9. The van der Waals surface area contributed by atoms with Crippen molar-refractivity contribution >= 4 is 53.3 Å². The molecule has 0 fully saturated rings. The van der Waals surface area contributed by atoms with E-state index in [1.54, 1.807) is 44.2 Å². The van der Waals surface area contributed by atoms with E-state index in [4.69, 9.17) is 28.7 Å². The van der Waals surface area contributed by atoms with E-state index in [0.29, 0.717) is 5.56 Å². The lowest BCUT2D eigenvalue weighted by molar-refractivity contribution is -0.135. The Morgan fingerprint density at radius 3 is 1.57 bits per heavy atom. The van der Waals surface area contributed by atoms with Gasteiger partial charge in [0.25, 0.3) is 0 Å². The van der Waals surface area contributed by atoms with Gasteiger partial charge in [-0.15, -0.1) is 0 Å².